The number of rotatable bonds is 7. The first kappa shape index (κ1) is 30.8. The van der Waals surface area contributed by atoms with Gasteiger partial charge in [0.2, 0.25) is 0 Å². The van der Waals surface area contributed by atoms with Crippen LogP contribution in [-0.2, 0) is 10.1 Å². The normalized spacial score (nSPS) is 11.4. The number of ether oxygens (including phenoxy) is 1. The first-order valence-electron chi connectivity index (χ1n) is 11.2. The molecule has 0 aliphatic carbocycles. The fraction of sp³-hybridized carbons (Fsp3) is 0.115. The van der Waals surface area contributed by atoms with E-state index in [0.717, 1.165) is 6.07 Å². The number of aryl methyl sites for hydroxylation is 1. The van der Waals surface area contributed by atoms with E-state index in [1.807, 2.05) is 6.92 Å². The van der Waals surface area contributed by atoms with Gasteiger partial charge in [0, 0.05) is 22.0 Å². The van der Waals surface area contributed by atoms with E-state index >= 15 is 0 Å². The predicted octanol–water partition coefficient (Wildman–Crippen LogP) is 3.85. The average molecular weight is 596 g/mol. The molecule has 0 fully saturated rings. The summed E-state index contributed by atoms with van der Waals surface area (Å²) in [5, 5.41) is 25.3. The third-order valence-electron chi connectivity index (χ3n) is 5.48. The van der Waals surface area contributed by atoms with Crippen molar-refractivity contribution in [1.29, 1.82) is 0 Å². The summed E-state index contributed by atoms with van der Waals surface area (Å²) in [6.45, 7) is 3.74. The Morgan fingerprint density at radius 3 is 2.44 bits per heavy atom. The van der Waals surface area contributed by atoms with Crippen LogP contribution in [0.15, 0.2) is 75.8 Å². The standard InChI is InChI=1S/C26H21Cl2N3O6S.Na/c1-3-37-17-8-9-20(28)21(13-17)29-26(33)19-11-15-6-4-5-7-18(15)24(25(19)32)31-30-23-14(2)10-16(27)12-22(23)38(34,35)36;/h4-13,32H,3H2,1-2H3,(H,29,33)(H,34,35,36);/q;+1/p-1. The first-order chi connectivity index (χ1) is 18.0. The van der Waals surface area contributed by atoms with Gasteiger partial charge in [-0.15, -0.1) is 5.11 Å². The van der Waals surface area contributed by atoms with Crippen molar-refractivity contribution in [3.8, 4) is 11.5 Å². The number of hydrogen-bond acceptors (Lipinski definition) is 7. The van der Waals surface area contributed by atoms with Crippen molar-refractivity contribution in [3.63, 3.8) is 0 Å². The summed E-state index contributed by atoms with van der Waals surface area (Å²) in [6.07, 6.45) is 0. The molecule has 0 unspecified atom stereocenters. The molecule has 0 radical (unpaired) electrons. The fourth-order valence-corrected chi connectivity index (χ4v) is 4.98. The molecule has 0 bridgehead atoms. The van der Waals surface area contributed by atoms with E-state index in [1.54, 1.807) is 36.4 Å². The van der Waals surface area contributed by atoms with Gasteiger partial charge in [-0.05, 0) is 55.1 Å². The maximum atomic E-state index is 13.5. The molecule has 0 spiro atoms. The van der Waals surface area contributed by atoms with Crippen LogP contribution in [-0.4, -0.2) is 25.5 Å². The number of hydrogen-bond donors (Lipinski definition) is 2. The Hall–Kier alpha value is -2.70. The number of amides is 1. The van der Waals surface area contributed by atoms with E-state index in [0.29, 0.717) is 28.7 Å². The third kappa shape index (κ3) is 6.90. The van der Waals surface area contributed by atoms with Gasteiger partial charge in [0.05, 0.1) is 23.0 Å². The molecule has 4 rings (SSSR count). The van der Waals surface area contributed by atoms with Crippen LogP contribution in [0.4, 0.5) is 17.1 Å². The zero-order valence-electron chi connectivity index (χ0n) is 21.0. The molecule has 0 aromatic heterocycles. The Balaban J connectivity index is 0.00000420. The van der Waals surface area contributed by atoms with E-state index in [1.165, 1.54) is 25.1 Å². The minimum atomic E-state index is -4.71. The van der Waals surface area contributed by atoms with Crippen LogP contribution in [0.5, 0.6) is 11.5 Å². The summed E-state index contributed by atoms with van der Waals surface area (Å²) < 4.78 is 38.9. The van der Waals surface area contributed by atoms with E-state index in [4.69, 9.17) is 27.9 Å². The van der Waals surface area contributed by atoms with Gasteiger partial charge in [-0.3, -0.25) is 9.35 Å². The molecule has 0 atom stereocenters. The minimum Gasteiger partial charge on any atom is -0.870 e. The van der Waals surface area contributed by atoms with Gasteiger partial charge in [0.1, 0.15) is 16.3 Å². The van der Waals surface area contributed by atoms with Gasteiger partial charge < -0.3 is 15.2 Å². The SMILES string of the molecule is CCOc1ccc(Cl)c(NC(=O)c2cc3ccccc3c(N=Nc3c(C)cc(Cl)cc3S(=O)(=O)O)c2[O-])c1.[Na+]. The van der Waals surface area contributed by atoms with E-state index < -0.39 is 26.7 Å². The number of fused-ring (bicyclic) bond motifs is 1. The Bertz CT molecular complexity index is 1710. The molecular formula is C26H20Cl2N3NaO6S. The van der Waals surface area contributed by atoms with Gasteiger partial charge in [-0.1, -0.05) is 53.2 Å². The Morgan fingerprint density at radius 1 is 1.05 bits per heavy atom. The maximum absolute atomic E-state index is 13.5. The van der Waals surface area contributed by atoms with Crippen molar-refractivity contribution in [2.75, 3.05) is 11.9 Å². The summed E-state index contributed by atoms with van der Waals surface area (Å²) in [6, 6.07) is 15.3. The van der Waals surface area contributed by atoms with Crippen LogP contribution in [0.2, 0.25) is 10.0 Å². The second-order valence-corrected chi connectivity index (χ2v) is 10.3. The molecule has 1 amide bonds. The summed E-state index contributed by atoms with van der Waals surface area (Å²) in [4.78, 5) is 12.6. The van der Waals surface area contributed by atoms with Crippen molar-refractivity contribution in [1.82, 2.24) is 0 Å². The zero-order chi connectivity index (χ0) is 27.6. The van der Waals surface area contributed by atoms with Crippen molar-refractivity contribution in [2.24, 2.45) is 10.2 Å². The number of halogens is 2. The molecule has 39 heavy (non-hydrogen) atoms. The van der Waals surface area contributed by atoms with E-state index in [2.05, 4.69) is 15.5 Å². The zero-order valence-corrected chi connectivity index (χ0v) is 25.4. The number of carbonyl (C=O) groups excluding carboxylic acids is 1. The molecule has 0 saturated heterocycles. The summed E-state index contributed by atoms with van der Waals surface area (Å²) in [5.74, 6) is -1.01. The van der Waals surface area contributed by atoms with Crippen LogP contribution in [0.25, 0.3) is 10.8 Å². The molecule has 9 nitrogen and oxygen atoms in total. The van der Waals surface area contributed by atoms with Crippen LogP contribution >= 0.6 is 23.2 Å². The second kappa shape index (κ2) is 12.6. The Kier molecular flexibility index (Phi) is 10.0. The molecule has 0 heterocycles. The van der Waals surface area contributed by atoms with E-state index in [9.17, 15) is 22.9 Å². The van der Waals surface area contributed by atoms with Gasteiger partial charge in [-0.2, -0.15) is 13.5 Å². The molecule has 4 aromatic rings. The summed E-state index contributed by atoms with van der Waals surface area (Å²) in [5.41, 5.74) is -0.0950. The van der Waals surface area contributed by atoms with Crippen LogP contribution in [0.1, 0.15) is 22.8 Å². The maximum Gasteiger partial charge on any atom is 1.00 e. The molecule has 0 aliphatic rings. The molecular weight excluding hydrogens is 576 g/mol. The van der Waals surface area contributed by atoms with Crippen molar-refractivity contribution < 1.29 is 57.2 Å². The van der Waals surface area contributed by atoms with Crippen LogP contribution in [0, 0.1) is 6.92 Å². The fourth-order valence-electron chi connectivity index (χ4n) is 3.75. The molecule has 0 aliphatic heterocycles. The smallest absolute Gasteiger partial charge is 0.870 e. The number of carbonyl (C=O) groups is 1. The van der Waals surface area contributed by atoms with Gasteiger partial charge >= 0.3 is 29.6 Å². The predicted molar refractivity (Wildman–Crippen MR) is 144 cm³/mol. The second-order valence-electron chi connectivity index (χ2n) is 8.10. The molecule has 4 aromatic carbocycles. The Morgan fingerprint density at radius 2 is 1.74 bits per heavy atom. The molecule has 196 valence electrons. The van der Waals surface area contributed by atoms with Crippen LogP contribution in [0.3, 0.4) is 0 Å². The third-order valence-corrected chi connectivity index (χ3v) is 6.89. The molecule has 2 N–H and O–H groups in total. The van der Waals surface area contributed by atoms with Crippen molar-refractivity contribution in [3.05, 3.63) is 81.8 Å². The average Bonchev–Trinajstić information content (AvgIpc) is 2.85. The summed E-state index contributed by atoms with van der Waals surface area (Å²) in [7, 11) is -4.71. The van der Waals surface area contributed by atoms with Gasteiger partial charge in [0.15, 0.2) is 0 Å². The first-order valence-corrected chi connectivity index (χ1v) is 13.3. The topological polar surface area (TPSA) is 140 Å². The quantitative estimate of drug-likeness (QED) is 0.189. The van der Waals surface area contributed by atoms with Crippen molar-refractivity contribution >= 4 is 67.1 Å². The number of anilines is 1. The summed E-state index contributed by atoms with van der Waals surface area (Å²) >= 11 is 12.2. The number of benzene rings is 4. The largest absolute Gasteiger partial charge is 1.00 e. The number of nitrogens with one attached hydrogen (secondary N) is 1. The van der Waals surface area contributed by atoms with Gasteiger partial charge in [-0.25, -0.2) is 0 Å². The monoisotopic (exact) mass is 595 g/mol. The molecule has 13 heteroatoms. The minimum absolute atomic E-state index is 0. The molecule has 0 saturated carbocycles. The Labute approximate surface area is 256 Å². The van der Waals surface area contributed by atoms with E-state index in [-0.39, 0.29) is 62.2 Å². The van der Waals surface area contributed by atoms with Crippen molar-refractivity contribution in [2.45, 2.75) is 18.7 Å². The number of azo groups is 1. The van der Waals surface area contributed by atoms with Crippen LogP contribution < -0.4 is 44.7 Å². The number of nitrogens with zero attached hydrogens (tertiary/aromatic N) is 2. The van der Waals surface area contributed by atoms with Gasteiger partial charge in [0.25, 0.3) is 16.0 Å².